The van der Waals surface area contributed by atoms with Crippen LogP contribution in [0.5, 0.6) is 0 Å². The van der Waals surface area contributed by atoms with Gasteiger partial charge in [0.05, 0.1) is 17.1 Å². The maximum Gasteiger partial charge on any atom is 0.326 e. The Morgan fingerprint density at radius 2 is 1.69 bits per heavy atom. The van der Waals surface area contributed by atoms with Crippen molar-refractivity contribution in [3.8, 4) is 0 Å². The number of piperidine rings is 1. The number of aliphatic hydroxyl groups excluding tert-OH is 1. The van der Waals surface area contributed by atoms with E-state index in [-0.39, 0.29) is 17.8 Å². The minimum Gasteiger partial charge on any atom is -0.387 e. The van der Waals surface area contributed by atoms with Gasteiger partial charge in [0.15, 0.2) is 0 Å². The average molecular weight is 351 g/mol. The predicted octanol–water partition coefficient (Wildman–Crippen LogP) is 3.09. The number of nitrogens with one attached hydrogen (secondary N) is 1. The first kappa shape index (κ1) is 17.1. The van der Waals surface area contributed by atoms with Crippen molar-refractivity contribution >= 4 is 11.0 Å². The molecule has 1 aliphatic heterocycles. The molecular weight excluding hydrogens is 326 g/mol. The summed E-state index contributed by atoms with van der Waals surface area (Å²) in [4.78, 5) is 17.7. The smallest absolute Gasteiger partial charge is 0.326 e. The molecule has 1 aliphatic rings. The number of aromatic amines is 1. The van der Waals surface area contributed by atoms with Crippen LogP contribution in [0.4, 0.5) is 0 Å². The minimum absolute atomic E-state index is 0.0259. The molecule has 4 rings (SSSR count). The Morgan fingerprint density at radius 3 is 2.42 bits per heavy atom. The van der Waals surface area contributed by atoms with Gasteiger partial charge in [0.25, 0.3) is 0 Å². The molecule has 0 spiro atoms. The van der Waals surface area contributed by atoms with Gasteiger partial charge in [-0.3, -0.25) is 9.47 Å². The first-order chi connectivity index (χ1) is 12.6. The Balaban J connectivity index is 1.47. The molecule has 2 unspecified atom stereocenters. The molecule has 3 aromatic rings. The SMILES string of the molecule is CC(C(O)c1ccccc1)N1CCC(n2c(=O)[nH]c3ccccc32)CC1. The first-order valence-corrected chi connectivity index (χ1v) is 9.31. The summed E-state index contributed by atoms with van der Waals surface area (Å²) in [7, 11) is 0. The molecular formula is C21H25N3O2. The Kier molecular flexibility index (Phi) is 4.66. The molecule has 26 heavy (non-hydrogen) atoms. The van der Waals surface area contributed by atoms with Crippen molar-refractivity contribution in [3.05, 3.63) is 70.6 Å². The van der Waals surface area contributed by atoms with E-state index in [4.69, 9.17) is 0 Å². The molecule has 0 amide bonds. The maximum absolute atomic E-state index is 12.4. The Morgan fingerprint density at radius 1 is 1.04 bits per heavy atom. The third kappa shape index (κ3) is 3.08. The van der Waals surface area contributed by atoms with Crippen LogP contribution in [0.1, 0.15) is 37.5 Å². The molecule has 2 N–H and O–H groups in total. The van der Waals surface area contributed by atoms with Gasteiger partial charge in [0, 0.05) is 25.2 Å². The highest BCUT2D eigenvalue weighted by Crippen LogP contribution is 2.29. The number of aliphatic hydroxyl groups is 1. The number of aromatic nitrogens is 2. The summed E-state index contributed by atoms with van der Waals surface area (Å²) in [6, 6.07) is 17.9. The second kappa shape index (κ2) is 7.09. The van der Waals surface area contributed by atoms with Gasteiger partial charge in [0.1, 0.15) is 0 Å². The van der Waals surface area contributed by atoms with Crippen molar-refractivity contribution in [1.82, 2.24) is 14.5 Å². The number of imidazole rings is 1. The zero-order valence-electron chi connectivity index (χ0n) is 15.0. The Labute approximate surface area is 152 Å². The lowest BCUT2D eigenvalue weighted by Crippen LogP contribution is -2.44. The third-order valence-electron chi connectivity index (χ3n) is 5.66. The summed E-state index contributed by atoms with van der Waals surface area (Å²) < 4.78 is 1.91. The van der Waals surface area contributed by atoms with Crippen molar-refractivity contribution in [2.24, 2.45) is 0 Å². The Bertz CT molecular complexity index is 923. The van der Waals surface area contributed by atoms with Crippen molar-refractivity contribution in [1.29, 1.82) is 0 Å². The van der Waals surface area contributed by atoms with Gasteiger partial charge in [-0.1, -0.05) is 42.5 Å². The largest absolute Gasteiger partial charge is 0.387 e. The van der Waals surface area contributed by atoms with Crippen molar-refractivity contribution < 1.29 is 5.11 Å². The number of hydrogen-bond donors (Lipinski definition) is 2. The molecule has 2 heterocycles. The molecule has 0 saturated carbocycles. The lowest BCUT2D eigenvalue weighted by molar-refractivity contribution is 0.0386. The van der Waals surface area contributed by atoms with Crippen molar-refractivity contribution in [2.45, 2.75) is 38.0 Å². The lowest BCUT2D eigenvalue weighted by atomic mass is 9.98. The van der Waals surface area contributed by atoms with E-state index in [1.54, 1.807) is 0 Å². The summed E-state index contributed by atoms with van der Waals surface area (Å²) in [5.74, 6) is 0. The number of fused-ring (bicyclic) bond motifs is 1. The second-order valence-electron chi connectivity index (χ2n) is 7.18. The van der Waals surface area contributed by atoms with Gasteiger partial charge >= 0.3 is 5.69 Å². The number of hydrogen-bond acceptors (Lipinski definition) is 3. The number of benzene rings is 2. The standard InChI is InChI=1S/C21H25N3O2/c1-15(20(25)16-7-3-2-4-8-16)23-13-11-17(12-14-23)24-19-10-6-5-9-18(19)22-21(24)26/h2-10,15,17,20,25H,11-14H2,1H3,(H,22,26). The fourth-order valence-corrected chi connectivity index (χ4v) is 4.12. The van der Waals surface area contributed by atoms with Crippen LogP contribution in [0.15, 0.2) is 59.4 Å². The van der Waals surface area contributed by atoms with E-state index in [0.29, 0.717) is 0 Å². The molecule has 1 aromatic heterocycles. The van der Waals surface area contributed by atoms with Gasteiger partial charge in [-0.05, 0) is 37.5 Å². The molecule has 5 nitrogen and oxygen atoms in total. The van der Waals surface area contributed by atoms with Gasteiger partial charge in [-0.2, -0.15) is 0 Å². The molecule has 1 saturated heterocycles. The van der Waals surface area contributed by atoms with Gasteiger partial charge in [0.2, 0.25) is 0 Å². The van der Waals surface area contributed by atoms with Crippen LogP contribution in [-0.2, 0) is 0 Å². The zero-order valence-corrected chi connectivity index (χ0v) is 15.0. The fraction of sp³-hybridized carbons (Fsp3) is 0.381. The molecule has 136 valence electrons. The number of likely N-dealkylation sites (tertiary alicyclic amines) is 1. The predicted molar refractivity (Wildman–Crippen MR) is 103 cm³/mol. The number of nitrogens with zero attached hydrogens (tertiary/aromatic N) is 2. The van der Waals surface area contributed by atoms with Crippen molar-refractivity contribution in [2.75, 3.05) is 13.1 Å². The van der Waals surface area contributed by atoms with Crippen LogP contribution in [0.3, 0.4) is 0 Å². The number of para-hydroxylation sites is 2. The lowest BCUT2D eigenvalue weighted by Gasteiger charge is -2.38. The van der Waals surface area contributed by atoms with Crippen molar-refractivity contribution in [3.63, 3.8) is 0 Å². The van der Waals surface area contributed by atoms with E-state index < -0.39 is 6.10 Å². The molecule has 0 radical (unpaired) electrons. The van der Waals surface area contributed by atoms with Crippen LogP contribution in [0.2, 0.25) is 0 Å². The molecule has 0 aliphatic carbocycles. The molecule has 0 bridgehead atoms. The topological polar surface area (TPSA) is 61.3 Å². The quantitative estimate of drug-likeness (QED) is 0.759. The van der Waals surface area contributed by atoms with E-state index in [1.165, 1.54) is 0 Å². The fourth-order valence-electron chi connectivity index (χ4n) is 4.12. The monoisotopic (exact) mass is 351 g/mol. The summed E-state index contributed by atoms with van der Waals surface area (Å²) in [5.41, 5.74) is 2.80. The highest BCUT2D eigenvalue weighted by molar-refractivity contribution is 5.75. The number of H-pyrrole nitrogens is 1. The van der Waals surface area contributed by atoms with Gasteiger partial charge in [-0.15, -0.1) is 0 Å². The number of rotatable bonds is 4. The Hall–Kier alpha value is -2.37. The van der Waals surface area contributed by atoms with E-state index in [1.807, 2.05) is 59.2 Å². The third-order valence-corrected chi connectivity index (χ3v) is 5.66. The van der Waals surface area contributed by atoms with Crippen LogP contribution in [0.25, 0.3) is 11.0 Å². The van der Waals surface area contributed by atoms with E-state index in [2.05, 4.69) is 16.8 Å². The highest BCUT2D eigenvalue weighted by atomic mass is 16.3. The highest BCUT2D eigenvalue weighted by Gasteiger charge is 2.29. The van der Waals surface area contributed by atoms with E-state index in [0.717, 1.165) is 42.5 Å². The molecule has 1 fully saturated rings. The normalized spacial score (nSPS) is 18.8. The summed E-state index contributed by atoms with van der Waals surface area (Å²) in [6.07, 6.45) is 1.32. The molecule has 2 aromatic carbocycles. The summed E-state index contributed by atoms with van der Waals surface area (Å²) >= 11 is 0. The molecule has 2 atom stereocenters. The van der Waals surface area contributed by atoms with Gasteiger partial charge in [-0.25, -0.2) is 4.79 Å². The average Bonchev–Trinajstić information content (AvgIpc) is 3.03. The van der Waals surface area contributed by atoms with Gasteiger partial charge < -0.3 is 10.1 Å². The maximum atomic E-state index is 12.4. The minimum atomic E-state index is -0.497. The van der Waals surface area contributed by atoms with Crippen LogP contribution in [-0.4, -0.2) is 38.7 Å². The zero-order chi connectivity index (χ0) is 18.1. The van der Waals surface area contributed by atoms with Crippen LogP contribution < -0.4 is 5.69 Å². The summed E-state index contributed by atoms with van der Waals surface area (Å²) in [6.45, 7) is 3.83. The van der Waals surface area contributed by atoms with E-state index >= 15 is 0 Å². The second-order valence-corrected chi connectivity index (χ2v) is 7.18. The van der Waals surface area contributed by atoms with Crippen LogP contribution >= 0.6 is 0 Å². The van der Waals surface area contributed by atoms with Crippen LogP contribution in [0, 0.1) is 0 Å². The van der Waals surface area contributed by atoms with E-state index in [9.17, 15) is 9.90 Å². The molecule has 5 heteroatoms. The summed E-state index contributed by atoms with van der Waals surface area (Å²) in [5, 5.41) is 10.7. The first-order valence-electron chi connectivity index (χ1n) is 9.31.